The van der Waals surface area contributed by atoms with Gasteiger partial charge in [-0.15, -0.1) is 0 Å². The van der Waals surface area contributed by atoms with E-state index in [2.05, 4.69) is 10.6 Å². The lowest BCUT2D eigenvalue weighted by atomic mass is 9.92. The van der Waals surface area contributed by atoms with Gasteiger partial charge in [0.2, 0.25) is 21.8 Å². The van der Waals surface area contributed by atoms with Gasteiger partial charge in [-0.25, -0.2) is 12.8 Å². The van der Waals surface area contributed by atoms with E-state index in [0.717, 1.165) is 16.7 Å². The fourth-order valence-electron chi connectivity index (χ4n) is 4.49. The minimum absolute atomic E-state index is 0.0118. The Morgan fingerprint density at radius 3 is 2.58 bits per heavy atom. The molecule has 4 rings (SSSR count). The van der Waals surface area contributed by atoms with E-state index in [9.17, 15) is 22.4 Å². The predicted molar refractivity (Wildman–Crippen MR) is 135 cm³/mol. The smallest absolute Gasteiger partial charge is 0.245 e. The number of anilines is 1. The van der Waals surface area contributed by atoms with Crippen molar-refractivity contribution in [3.8, 4) is 0 Å². The summed E-state index contributed by atoms with van der Waals surface area (Å²) < 4.78 is 42.8. The van der Waals surface area contributed by atoms with Crippen LogP contribution in [-0.4, -0.2) is 31.1 Å². The second kappa shape index (κ2) is 10.6. The van der Waals surface area contributed by atoms with Crippen molar-refractivity contribution in [2.45, 2.75) is 44.2 Å². The highest BCUT2D eigenvalue weighted by atomic mass is 32.2. The number of amides is 2. The standard InChI is InChI=1S/C27H28FN3O4S/c1-18-10-11-24(30-19(2)32)26(14-18)36(34,35)31-13-12-21-7-3-4-9-23(21)25(31)16-27(33)29-17-20-6-5-8-22(28)15-20/h3-11,14-15,25H,12-13,16-17H2,1-2H3,(H,29,33)(H,30,32)/t25-/m0/s1. The molecule has 9 heteroatoms. The first-order chi connectivity index (χ1) is 17.1. The van der Waals surface area contributed by atoms with Crippen molar-refractivity contribution >= 4 is 27.5 Å². The Kier molecular flexibility index (Phi) is 7.51. The third-order valence-corrected chi connectivity index (χ3v) is 8.10. The summed E-state index contributed by atoms with van der Waals surface area (Å²) in [6, 6.07) is 17.5. The first-order valence-corrected chi connectivity index (χ1v) is 13.1. The molecule has 0 saturated carbocycles. The summed E-state index contributed by atoms with van der Waals surface area (Å²) in [4.78, 5) is 24.7. The van der Waals surface area contributed by atoms with Gasteiger partial charge in [-0.1, -0.05) is 42.5 Å². The number of sulfonamides is 1. The van der Waals surface area contributed by atoms with Crippen molar-refractivity contribution in [2.24, 2.45) is 0 Å². The molecule has 0 radical (unpaired) electrons. The maximum Gasteiger partial charge on any atom is 0.245 e. The Balaban J connectivity index is 1.66. The van der Waals surface area contributed by atoms with E-state index in [1.54, 1.807) is 31.2 Å². The van der Waals surface area contributed by atoms with Crippen molar-refractivity contribution in [1.29, 1.82) is 0 Å². The van der Waals surface area contributed by atoms with Crippen LogP contribution in [0.3, 0.4) is 0 Å². The maximum absolute atomic E-state index is 14.0. The quantitative estimate of drug-likeness (QED) is 0.502. The van der Waals surface area contributed by atoms with Crippen LogP contribution in [-0.2, 0) is 32.6 Å². The zero-order valence-electron chi connectivity index (χ0n) is 20.1. The molecule has 3 aromatic rings. The van der Waals surface area contributed by atoms with Gasteiger partial charge in [-0.2, -0.15) is 4.31 Å². The van der Waals surface area contributed by atoms with Crippen molar-refractivity contribution in [1.82, 2.24) is 9.62 Å². The maximum atomic E-state index is 14.0. The summed E-state index contributed by atoms with van der Waals surface area (Å²) in [6.45, 7) is 3.41. The van der Waals surface area contributed by atoms with Crippen molar-refractivity contribution in [3.63, 3.8) is 0 Å². The molecule has 0 bridgehead atoms. The van der Waals surface area contributed by atoms with Crippen LogP contribution in [0.5, 0.6) is 0 Å². The molecule has 1 atom stereocenters. The number of hydrogen-bond acceptors (Lipinski definition) is 4. The van der Waals surface area contributed by atoms with Crippen molar-refractivity contribution in [3.05, 3.63) is 94.8 Å². The SMILES string of the molecule is CC(=O)Nc1ccc(C)cc1S(=O)(=O)N1CCc2ccccc2[C@@H]1CC(=O)NCc1cccc(F)c1. The van der Waals surface area contributed by atoms with E-state index in [0.29, 0.717) is 12.0 Å². The molecule has 0 fully saturated rings. The molecule has 1 aliphatic rings. The number of carbonyl (C=O) groups excluding carboxylic acids is 2. The Bertz CT molecular complexity index is 1410. The number of nitrogens with one attached hydrogen (secondary N) is 2. The van der Waals surface area contributed by atoms with E-state index in [4.69, 9.17) is 0 Å². The zero-order valence-corrected chi connectivity index (χ0v) is 20.9. The molecule has 0 saturated heterocycles. The molecule has 1 aliphatic heterocycles. The molecule has 0 spiro atoms. The van der Waals surface area contributed by atoms with Gasteiger partial charge in [0.05, 0.1) is 11.7 Å². The van der Waals surface area contributed by atoms with Gasteiger partial charge in [0, 0.05) is 26.4 Å². The molecule has 1 heterocycles. The number of hydrogen-bond donors (Lipinski definition) is 2. The van der Waals surface area contributed by atoms with E-state index >= 15 is 0 Å². The topological polar surface area (TPSA) is 95.6 Å². The third-order valence-electron chi connectivity index (χ3n) is 6.16. The average Bonchev–Trinajstić information content (AvgIpc) is 2.83. The normalized spacial score (nSPS) is 15.7. The Hall–Kier alpha value is -3.56. The Morgan fingerprint density at radius 2 is 1.83 bits per heavy atom. The minimum atomic E-state index is -4.08. The van der Waals surface area contributed by atoms with Gasteiger partial charge >= 0.3 is 0 Å². The van der Waals surface area contributed by atoms with Crippen LogP contribution >= 0.6 is 0 Å². The van der Waals surface area contributed by atoms with Crippen LogP contribution in [0.2, 0.25) is 0 Å². The highest BCUT2D eigenvalue weighted by Crippen LogP contribution is 2.38. The summed E-state index contributed by atoms with van der Waals surface area (Å²) in [7, 11) is -4.08. The highest BCUT2D eigenvalue weighted by molar-refractivity contribution is 7.89. The number of nitrogens with zero attached hydrogens (tertiary/aromatic N) is 1. The number of aryl methyl sites for hydroxylation is 1. The van der Waals surface area contributed by atoms with Crippen LogP contribution in [0.25, 0.3) is 0 Å². The van der Waals surface area contributed by atoms with Crippen LogP contribution in [0.1, 0.15) is 41.6 Å². The molecule has 36 heavy (non-hydrogen) atoms. The van der Waals surface area contributed by atoms with Gasteiger partial charge in [0.15, 0.2) is 0 Å². The monoisotopic (exact) mass is 509 g/mol. The fourth-order valence-corrected chi connectivity index (χ4v) is 6.32. The average molecular weight is 510 g/mol. The summed E-state index contributed by atoms with van der Waals surface area (Å²) >= 11 is 0. The molecule has 0 aliphatic carbocycles. The third kappa shape index (κ3) is 5.63. The van der Waals surface area contributed by atoms with Crippen LogP contribution in [0.15, 0.2) is 71.6 Å². The fraction of sp³-hybridized carbons (Fsp3) is 0.259. The molecular weight excluding hydrogens is 481 g/mol. The number of carbonyl (C=O) groups is 2. The van der Waals surface area contributed by atoms with E-state index in [1.165, 1.54) is 29.4 Å². The highest BCUT2D eigenvalue weighted by Gasteiger charge is 2.38. The van der Waals surface area contributed by atoms with E-state index in [1.807, 2.05) is 24.3 Å². The number of rotatable bonds is 7. The first-order valence-electron chi connectivity index (χ1n) is 11.6. The number of benzene rings is 3. The summed E-state index contributed by atoms with van der Waals surface area (Å²) in [5.41, 5.74) is 3.28. The van der Waals surface area contributed by atoms with E-state index < -0.39 is 21.9 Å². The molecular formula is C27H28FN3O4S. The van der Waals surface area contributed by atoms with Gasteiger partial charge in [0.25, 0.3) is 0 Å². The minimum Gasteiger partial charge on any atom is -0.352 e. The molecule has 7 nitrogen and oxygen atoms in total. The summed E-state index contributed by atoms with van der Waals surface area (Å²) in [5.74, 6) is -1.13. The van der Waals surface area contributed by atoms with Gasteiger partial charge in [-0.3, -0.25) is 9.59 Å². The lowest BCUT2D eigenvalue weighted by molar-refractivity contribution is -0.122. The Labute approximate surface area is 210 Å². The molecule has 0 unspecified atom stereocenters. The second-order valence-electron chi connectivity index (χ2n) is 8.87. The molecule has 2 amide bonds. The van der Waals surface area contributed by atoms with Gasteiger partial charge in [-0.05, 0) is 59.9 Å². The van der Waals surface area contributed by atoms with E-state index in [-0.39, 0.29) is 41.9 Å². The van der Waals surface area contributed by atoms with Crippen LogP contribution < -0.4 is 10.6 Å². The predicted octanol–water partition coefficient (Wildman–Crippen LogP) is 4.09. The Morgan fingerprint density at radius 1 is 1.06 bits per heavy atom. The van der Waals surface area contributed by atoms with Crippen LogP contribution in [0.4, 0.5) is 10.1 Å². The van der Waals surface area contributed by atoms with Crippen molar-refractivity contribution < 1.29 is 22.4 Å². The molecule has 2 N–H and O–H groups in total. The second-order valence-corrected chi connectivity index (χ2v) is 10.7. The molecule has 3 aromatic carbocycles. The molecule has 188 valence electrons. The van der Waals surface area contributed by atoms with Gasteiger partial charge < -0.3 is 10.6 Å². The number of fused-ring (bicyclic) bond motifs is 1. The van der Waals surface area contributed by atoms with Crippen molar-refractivity contribution in [2.75, 3.05) is 11.9 Å². The van der Waals surface area contributed by atoms with Gasteiger partial charge in [0.1, 0.15) is 10.7 Å². The number of halogens is 1. The first kappa shape index (κ1) is 25.5. The largest absolute Gasteiger partial charge is 0.352 e. The van der Waals surface area contributed by atoms with Crippen LogP contribution in [0, 0.1) is 12.7 Å². The zero-order chi connectivity index (χ0) is 25.9. The summed E-state index contributed by atoms with van der Waals surface area (Å²) in [5, 5.41) is 5.39. The molecule has 0 aromatic heterocycles. The lowest BCUT2D eigenvalue weighted by Gasteiger charge is -2.36. The summed E-state index contributed by atoms with van der Waals surface area (Å²) in [6.07, 6.45) is 0.394. The lowest BCUT2D eigenvalue weighted by Crippen LogP contribution is -2.42.